The first-order valence-electron chi connectivity index (χ1n) is 9.10. The number of nitrogens with zero attached hydrogens (tertiary/aromatic N) is 1. The Morgan fingerprint density at radius 2 is 1.69 bits per heavy atom. The van der Waals surface area contributed by atoms with Gasteiger partial charge in [0.15, 0.2) is 11.5 Å². The number of hydrogen-bond acceptors (Lipinski definition) is 3. The molecule has 1 atom stereocenters. The molecule has 1 aliphatic carbocycles. The van der Waals surface area contributed by atoms with Gasteiger partial charge in [0.05, 0.1) is 0 Å². The number of rotatable bonds is 1. The van der Waals surface area contributed by atoms with Crippen molar-refractivity contribution in [3.8, 4) is 33.8 Å². The van der Waals surface area contributed by atoms with Gasteiger partial charge in [0, 0.05) is 18.2 Å². The molecule has 3 aromatic carbocycles. The van der Waals surface area contributed by atoms with E-state index in [-0.39, 0.29) is 11.5 Å². The number of hydrogen-bond donors (Lipinski definition) is 2. The van der Waals surface area contributed by atoms with E-state index < -0.39 is 0 Å². The molecule has 0 fully saturated rings. The summed E-state index contributed by atoms with van der Waals surface area (Å²) in [6, 6.07) is 18.7. The van der Waals surface area contributed by atoms with Crippen LogP contribution in [0.3, 0.4) is 0 Å². The highest BCUT2D eigenvalue weighted by Gasteiger charge is 2.35. The van der Waals surface area contributed by atoms with Crippen molar-refractivity contribution >= 4 is 0 Å². The van der Waals surface area contributed by atoms with Gasteiger partial charge in [0.2, 0.25) is 0 Å². The Kier molecular flexibility index (Phi) is 3.34. The normalized spacial score (nSPS) is 18.3. The summed E-state index contributed by atoms with van der Waals surface area (Å²) >= 11 is 0. The van der Waals surface area contributed by atoms with Crippen molar-refractivity contribution in [1.82, 2.24) is 4.90 Å². The number of phenolic OH excluding ortho intramolecular Hbond substituents is 2. The minimum absolute atomic E-state index is 0.00355. The molecule has 0 bridgehead atoms. The number of fused-ring (bicyclic) bond motifs is 2. The molecule has 0 spiro atoms. The first-order valence-corrected chi connectivity index (χ1v) is 9.10. The SMILES string of the molecule is CN1CCc2c(-c3ccccc3)ccc3c2[C@H]1Cc1ccc(O)c(O)c1-3. The number of benzene rings is 3. The molecule has 3 aromatic rings. The maximum Gasteiger partial charge on any atom is 0.165 e. The monoisotopic (exact) mass is 343 g/mol. The van der Waals surface area contributed by atoms with E-state index >= 15 is 0 Å². The van der Waals surface area contributed by atoms with Crippen molar-refractivity contribution < 1.29 is 10.2 Å². The Bertz CT molecular complexity index is 1010. The van der Waals surface area contributed by atoms with Crippen LogP contribution < -0.4 is 0 Å². The third kappa shape index (κ3) is 2.10. The zero-order chi connectivity index (χ0) is 17.8. The van der Waals surface area contributed by atoms with Gasteiger partial charge >= 0.3 is 0 Å². The zero-order valence-corrected chi connectivity index (χ0v) is 14.7. The average molecular weight is 343 g/mol. The Morgan fingerprint density at radius 3 is 2.50 bits per heavy atom. The molecule has 5 rings (SSSR count). The molecule has 2 aliphatic rings. The summed E-state index contributed by atoms with van der Waals surface area (Å²) in [6.45, 7) is 1.03. The first kappa shape index (κ1) is 15.5. The quantitative estimate of drug-likeness (QED) is 0.639. The molecule has 3 heteroatoms. The van der Waals surface area contributed by atoms with Crippen molar-refractivity contribution in [3.05, 3.63) is 71.3 Å². The maximum atomic E-state index is 10.5. The van der Waals surface area contributed by atoms with Crippen LogP contribution in [0.5, 0.6) is 11.5 Å². The molecule has 0 amide bonds. The van der Waals surface area contributed by atoms with Crippen LogP contribution in [0.2, 0.25) is 0 Å². The Labute approximate surface area is 153 Å². The highest BCUT2D eigenvalue weighted by Crippen LogP contribution is 2.51. The second-order valence-corrected chi connectivity index (χ2v) is 7.34. The van der Waals surface area contributed by atoms with Crippen LogP contribution in [0.15, 0.2) is 54.6 Å². The smallest absolute Gasteiger partial charge is 0.165 e. The van der Waals surface area contributed by atoms with Gasteiger partial charge in [0.1, 0.15) is 0 Å². The standard InChI is InChI=1S/C23H21NO2/c1-24-12-11-17-16(14-5-3-2-4-6-14)8-9-18-21-15(13-19(24)22(17)18)7-10-20(25)23(21)26/h2-10,19,25-26H,11-13H2,1H3/t19-/m1/s1. The summed E-state index contributed by atoms with van der Waals surface area (Å²) in [5.74, 6) is -0.0453. The fourth-order valence-corrected chi connectivity index (χ4v) is 4.64. The Hall–Kier alpha value is -2.78. The molecular formula is C23H21NO2. The van der Waals surface area contributed by atoms with Gasteiger partial charge in [-0.1, -0.05) is 48.5 Å². The van der Waals surface area contributed by atoms with Crippen molar-refractivity contribution in [2.24, 2.45) is 0 Å². The molecule has 2 N–H and O–H groups in total. The van der Waals surface area contributed by atoms with Crippen LogP contribution in [-0.4, -0.2) is 28.7 Å². The Balaban J connectivity index is 1.82. The molecule has 0 aromatic heterocycles. The second kappa shape index (κ2) is 5.61. The predicted octanol–water partition coefficient (Wildman–Crippen LogP) is 4.52. The van der Waals surface area contributed by atoms with Crippen molar-refractivity contribution in [2.45, 2.75) is 18.9 Å². The molecule has 0 saturated carbocycles. The van der Waals surface area contributed by atoms with Crippen LogP contribution in [0.1, 0.15) is 22.7 Å². The number of aromatic hydroxyl groups is 2. The first-order chi connectivity index (χ1) is 12.6. The lowest BCUT2D eigenvalue weighted by Gasteiger charge is -2.40. The lowest BCUT2D eigenvalue weighted by molar-refractivity contribution is 0.228. The lowest BCUT2D eigenvalue weighted by atomic mass is 9.75. The zero-order valence-electron chi connectivity index (χ0n) is 14.7. The minimum atomic E-state index is -0.0488. The van der Waals surface area contributed by atoms with Crippen LogP contribution in [-0.2, 0) is 12.8 Å². The lowest BCUT2D eigenvalue weighted by Crippen LogP contribution is -2.35. The van der Waals surface area contributed by atoms with E-state index in [9.17, 15) is 10.2 Å². The molecule has 0 saturated heterocycles. The number of likely N-dealkylation sites (N-methyl/N-ethyl adjacent to an activating group) is 1. The average Bonchev–Trinajstić information content (AvgIpc) is 2.68. The predicted molar refractivity (Wildman–Crippen MR) is 103 cm³/mol. The van der Waals surface area contributed by atoms with Gasteiger partial charge in [0.25, 0.3) is 0 Å². The summed E-state index contributed by atoms with van der Waals surface area (Å²) in [4.78, 5) is 2.41. The van der Waals surface area contributed by atoms with Gasteiger partial charge in [-0.25, -0.2) is 0 Å². The van der Waals surface area contributed by atoms with E-state index in [0.29, 0.717) is 6.04 Å². The Morgan fingerprint density at radius 1 is 0.923 bits per heavy atom. The molecule has 0 unspecified atom stereocenters. The van der Waals surface area contributed by atoms with Gasteiger partial charge in [-0.2, -0.15) is 0 Å². The topological polar surface area (TPSA) is 43.7 Å². The fourth-order valence-electron chi connectivity index (χ4n) is 4.64. The van der Waals surface area contributed by atoms with Crippen LogP contribution >= 0.6 is 0 Å². The maximum absolute atomic E-state index is 10.5. The third-order valence-corrected chi connectivity index (χ3v) is 5.95. The summed E-state index contributed by atoms with van der Waals surface area (Å²) in [6.07, 6.45) is 1.85. The van der Waals surface area contributed by atoms with Gasteiger partial charge < -0.3 is 10.2 Å². The van der Waals surface area contributed by atoms with E-state index in [1.54, 1.807) is 6.07 Å². The summed E-state index contributed by atoms with van der Waals surface area (Å²) < 4.78 is 0. The molecular weight excluding hydrogens is 322 g/mol. The second-order valence-electron chi connectivity index (χ2n) is 7.34. The van der Waals surface area contributed by atoms with E-state index in [2.05, 4.69) is 48.3 Å². The molecule has 3 nitrogen and oxygen atoms in total. The number of phenols is 2. The molecule has 26 heavy (non-hydrogen) atoms. The van der Waals surface area contributed by atoms with Gasteiger partial charge in [-0.05, 0) is 59.3 Å². The van der Waals surface area contributed by atoms with Crippen LogP contribution in [0, 0.1) is 0 Å². The summed E-state index contributed by atoms with van der Waals surface area (Å²) in [5.41, 5.74) is 8.17. The summed E-state index contributed by atoms with van der Waals surface area (Å²) in [7, 11) is 2.18. The molecule has 130 valence electrons. The van der Waals surface area contributed by atoms with Crippen molar-refractivity contribution in [1.29, 1.82) is 0 Å². The van der Waals surface area contributed by atoms with Crippen molar-refractivity contribution in [3.63, 3.8) is 0 Å². The van der Waals surface area contributed by atoms with E-state index in [1.807, 2.05) is 12.1 Å². The van der Waals surface area contributed by atoms with Crippen LogP contribution in [0.4, 0.5) is 0 Å². The van der Waals surface area contributed by atoms with E-state index in [1.165, 1.54) is 22.3 Å². The van der Waals surface area contributed by atoms with E-state index in [4.69, 9.17) is 0 Å². The highest BCUT2D eigenvalue weighted by atomic mass is 16.3. The largest absolute Gasteiger partial charge is 0.504 e. The third-order valence-electron chi connectivity index (χ3n) is 5.95. The molecule has 0 radical (unpaired) electrons. The van der Waals surface area contributed by atoms with E-state index in [0.717, 1.165) is 36.1 Å². The van der Waals surface area contributed by atoms with Gasteiger partial charge in [-0.15, -0.1) is 0 Å². The van der Waals surface area contributed by atoms with Gasteiger partial charge in [-0.3, -0.25) is 4.90 Å². The minimum Gasteiger partial charge on any atom is -0.504 e. The molecule has 1 heterocycles. The fraction of sp³-hybridized carbons (Fsp3) is 0.217. The summed E-state index contributed by atoms with van der Waals surface area (Å²) in [5, 5.41) is 20.6. The highest BCUT2D eigenvalue weighted by molar-refractivity contribution is 5.85. The molecule has 1 aliphatic heterocycles. The van der Waals surface area contributed by atoms with Crippen LogP contribution in [0.25, 0.3) is 22.3 Å². The van der Waals surface area contributed by atoms with Crippen molar-refractivity contribution in [2.75, 3.05) is 13.6 Å².